The largest absolute Gasteiger partial charge is 0.493 e. The van der Waals surface area contributed by atoms with Crippen molar-refractivity contribution in [2.75, 3.05) is 40.7 Å². The predicted octanol–water partition coefficient (Wildman–Crippen LogP) is 1.54. The Bertz CT molecular complexity index is 546. The molecule has 0 amide bonds. The van der Waals surface area contributed by atoms with Crippen LogP contribution < -0.4 is 14.2 Å². The SMILES string of the molecule is CCS(=O)(=O)N(C)CCc1cc(OC)c(OC)c(OC)c1. The Morgan fingerprint density at radius 3 is 1.95 bits per heavy atom. The normalized spacial score (nSPS) is 11.5. The highest BCUT2D eigenvalue weighted by atomic mass is 32.2. The Labute approximate surface area is 126 Å². The zero-order valence-corrected chi connectivity index (χ0v) is 14.0. The Balaban J connectivity index is 2.95. The molecule has 21 heavy (non-hydrogen) atoms. The van der Waals surface area contributed by atoms with Gasteiger partial charge in [-0.3, -0.25) is 0 Å². The van der Waals surface area contributed by atoms with Crippen LogP contribution in [0.25, 0.3) is 0 Å². The summed E-state index contributed by atoms with van der Waals surface area (Å²) in [5.41, 5.74) is 0.919. The second kappa shape index (κ2) is 7.51. The molecule has 0 saturated carbocycles. The summed E-state index contributed by atoms with van der Waals surface area (Å²) in [4.78, 5) is 0. The fraction of sp³-hybridized carbons (Fsp3) is 0.571. The van der Waals surface area contributed by atoms with Crippen molar-refractivity contribution >= 4 is 10.0 Å². The van der Waals surface area contributed by atoms with Crippen molar-refractivity contribution in [1.29, 1.82) is 0 Å². The third kappa shape index (κ3) is 4.25. The molecule has 0 saturated heterocycles. The molecule has 7 heteroatoms. The van der Waals surface area contributed by atoms with E-state index in [-0.39, 0.29) is 5.75 Å². The first-order valence-corrected chi connectivity index (χ1v) is 8.23. The molecule has 0 radical (unpaired) electrons. The van der Waals surface area contributed by atoms with E-state index in [1.54, 1.807) is 35.3 Å². The molecule has 1 aromatic rings. The first kappa shape index (κ1) is 17.6. The molecule has 120 valence electrons. The van der Waals surface area contributed by atoms with Crippen molar-refractivity contribution in [2.24, 2.45) is 0 Å². The van der Waals surface area contributed by atoms with Crippen molar-refractivity contribution in [2.45, 2.75) is 13.3 Å². The predicted molar refractivity (Wildman–Crippen MR) is 81.9 cm³/mol. The summed E-state index contributed by atoms with van der Waals surface area (Å²) in [5.74, 6) is 1.75. The standard InChI is InChI=1S/C14H23NO5S/c1-6-21(16,17)15(2)8-7-11-9-12(18-3)14(20-5)13(10-11)19-4/h9-10H,6-8H2,1-5H3. The summed E-state index contributed by atoms with van der Waals surface area (Å²) < 4.78 is 40.6. The number of ether oxygens (including phenoxy) is 3. The van der Waals surface area contributed by atoms with Gasteiger partial charge in [0.1, 0.15) is 0 Å². The smallest absolute Gasteiger partial charge is 0.213 e. The highest BCUT2D eigenvalue weighted by molar-refractivity contribution is 7.89. The molecule has 0 unspecified atom stereocenters. The van der Waals surface area contributed by atoms with Crippen LogP contribution in [-0.2, 0) is 16.4 Å². The van der Waals surface area contributed by atoms with Crippen LogP contribution in [0, 0.1) is 0 Å². The Morgan fingerprint density at radius 1 is 1.05 bits per heavy atom. The Kier molecular flexibility index (Phi) is 6.29. The number of sulfonamides is 1. The van der Waals surface area contributed by atoms with Crippen LogP contribution in [0.4, 0.5) is 0 Å². The molecule has 0 atom stereocenters. The molecule has 0 aliphatic rings. The summed E-state index contributed by atoms with van der Waals surface area (Å²) in [6.07, 6.45) is 0.562. The number of methoxy groups -OCH3 is 3. The van der Waals surface area contributed by atoms with Gasteiger partial charge in [0.25, 0.3) is 0 Å². The number of hydrogen-bond donors (Lipinski definition) is 0. The second-order valence-corrected chi connectivity index (χ2v) is 6.87. The molecule has 0 spiro atoms. The van der Waals surface area contributed by atoms with Crippen LogP contribution in [0.2, 0.25) is 0 Å². The minimum atomic E-state index is -3.17. The summed E-state index contributed by atoms with van der Waals surface area (Å²) in [5, 5.41) is 0. The van der Waals surface area contributed by atoms with E-state index in [4.69, 9.17) is 14.2 Å². The summed E-state index contributed by atoms with van der Waals surface area (Å²) in [6, 6.07) is 3.65. The van der Waals surface area contributed by atoms with Crippen LogP contribution in [-0.4, -0.2) is 53.4 Å². The highest BCUT2D eigenvalue weighted by Gasteiger charge is 2.17. The van der Waals surface area contributed by atoms with Crippen LogP contribution in [0.5, 0.6) is 17.2 Å². The van der Waals surface area contributed by atoms with Crippen molar-refractivity contribution in [1.82, 2.24) is 4.31 Å². The summed E-state index contributed by atoms with van der Waals surface area (Å²) in [6.45, 7) is 2.03. The number of nitrogens with zero attached hydrogens (tertiary/aromatic N) is 1. The maximum Gasteiger partial charge on any atom is 0.213 e. The zero-order chi connectivity index (χ0) is 16.0. The summed E-state index contributed by atoms with van der Waals surface area (Å²) >= 11 is 0. The monoisotopic (exact) mass is 317 g/mol. The average Bonchev–Trinajstić information content (AvgIpc) is 2.50. The third-order valence-electron chi connectivity index (χ3n) is 3.28. The Hall–Kier alpha value is -1.47. The second-order valence-electron chi connectivity index (χ2n) is 4.51. The molecular weight excluding hydrogens is 294 g/mol. The van der Waals surface area contributed by atoms with Gasteiger partial charge in [-0.1, -0.05) is 0 Å². The molecule has 0 aromatic heterocycles. The van der Waals surface area contributed by atoms with Crippen LogP contribution in [0.15, 0.2) is 12.1 Å². The van der Waals surface area contributed by atoms with Gasteiger partial charge < -0.3 is 14.2 Å². The molecule has 0 aliphatic heterocycles. The van der Waals surface area contributed by atoms with Crippen molar-refractivity contribution < 1.29 is 22.6 Å². The third-order valence-corrected chi connectivity index (χ3v) is 5.14. The molecular formula is C14H23NO5S. The van der Waals surface area contributed by atoms with E-state index in [1.807, 2.05) is 12.1 Å². The maximum absolute atomic E-state index is 11.7. The molecule has 0 bridgehead atoms. The molecule has 6 nitrogen and oxygen atoms in total. The molecule has 1 aromatic carbocycles. The number of benzene rings is 1. The van der Waals surface area contributed by atoms with Gasteiger partial charge >= 0.3 is 0 Å². The average molecular weight is 317 g/mol. The van der Waals surface area contributed by atoms with E-state index in [0.29, 0.717) is 30.2 Å². The highest BCUT2D eigenvalue weighted by Crippen LogP contribution is 2.38. The van der Waals surface area contributed by atoms with Crippen molar-refractivity contribution in [3.8, 4) is 17.2 Å². The van der Waals surface area contributed by atoms with Crippen molar-refractivity contribution in [3.05, 3.63) is 17.7 Å². The lowest BCUT2D eigenvalue weighted by Crippen LogP contribution is -2.30. The lowest BCUT2D eigenvalue weighted by atomic mass is 10.1. The van der Waals surface area contributed by atoms with Crippen LogP contribution in [0.3, 0.4) is 0 Å². The number of likely N-dealkylation sites (N-methyl/N-ethyl adjacent to an activating group) is 1. The fourth-order valence-corrected chi connectivity index (χ4v) is 2.74. The van der Waals surface area contributed by atoms with E-state index >= 15 is 0 Å². The molecule has 0 heterocycles. The van der Waals surface area contributed by atoms with E-state index < -0.39 is 10.0 Å². The van der Waals surface area contributed by atoms with E-state index in [2.05, 4.69) is 0 Å². The number of rotatable bonds is 8. The summed E-state index contributed by atoms with van der Waals surface area (Å²) in [7, 11) is 3.06. The van der Waals surface area contributed by atoms with Gasteiger partial charge in [0.2, 0.25) is 15.8 Å². The van der Waals surface area contributed by atoms with E-state index in [0.717, 1.165) is 5.56 Å². The molecule has 0 fully saturated rings. The molecule has 1 rings (SSSR count). The van der Waals surface area contributed by atoms with Gasteiger partial charge in [-0.05, 0) is 31.0 Å². The molecule has 0 N–H and O–H groups in total. The van der Waals surface area contributed by atoms with Crippen LogP contribution in [0.1, 0.15) is 12.5 Å². The minimum absolute atomic E-state index is 0.0960. The van der Waals surface area contributed by atoms with Gasteiger partial charge in [-0.15, -0.1) is 0 Å². The molecule has 0 aliphatic carbocycles. The van der Waals surface area contributed by atoms with Gasteiger partial charge in [0.15, 0.2) is 11.5 Å². The van der Waals surface area contributed by atoms with E-state index in [1.165, 1.54) is 4.31 Å². The first-order chi connectivity index (χ1) is 9.89. The lowest BCUT2D eigenvalue weighted by molar-refractivity contribution is 0.323. The van der Waals surface area contributed by atoms with E-state index in [9.17, 15) is 8.42 Å². The Morgan fingerprint density at radius 2 is 1.57 bits per heavy atom. The maximum atomic E-state index is 11.7. The van der Waals surface area contributed by atoms with Crippen molar-refractivity contribution in [3.63, 3.8) is 0 Å². The zero-order valence-electron chi connectivity index (χ0n) is 13.2. The number of hydrogen-bond acceptors (Lipinski definition) is 5. The minimum Gasteiger partial charge on any atom is -0.493 e. The van der Waals surface area contributed by atoms with Gasteiger partial charge in [-0.25, -0.2) is 12.7 Å². The van der Waals surface area contributed by atoms with Gasteiger partial charge in [-0.2, -0.15) is 0 Å². The quantitative estimate of drug-likeness (QED) is 0.727. The fourth-order valence-electron chi connectivity index (χ4n) is 1.93. The lowest BCUT2D eigenvalue weighted by Gasteiger charge is -2.17. The topological polar surface area (TPSA) is 65.1 Å². The van der Waals surface area contributed by atoms with Crippen LogP contribution >= 0.6 is 0 Å². The van der Waals surface area contributed by atoms with Gasteiger partial charge in [0, 0.05) is 13.6 Å². The van der Waals surface area contributed by atoms with Gasteiger partial charge in [0.05, 0.1) is 27.1 Å². The first-order valence-electron chi connectivity index (χ1n) is 6.62.